The van der Waals surface area contributed by atoms with Gasteiger partial charge in [-0.1, -0.05) is 11.6 Å². The molecule has 2 rings (SSSR count). The van der Waals surface area contributed by atoms with Crippen LogP contribution in [0.5, 0.6) is 0 Å². The second kappa shape index (κ2) is 5.12. The van der Waals surface area contributed by atoms with Crippen LogP contribution in [0.2, 0.25) is 4.34 Å². The lowest BCUT2D eigenvalue weighted by molar-refractivity contribution is 1.12. The minimum absolute atomic E-state index is 0.691. The second-order valence-corrected chi connectivity index (χ2v) is 5.54. The fraction of sp³-hybridized carbons (Fsp3) is 0.200. The van der Waals surface area contributed by atoms with Crippen molar-refractivity contribution in [3.63, 3.8) is 0 Å². The Morgan fingerprint density at radius 1 is 1.56 bits per heavy atom. The van der Waals surface area contributed by atoms with E-state index < -0.39 is 0 Å². The lowest BCUT2D eigenvalue weighted by atomic mass is 10.4. The van der Waals surface area contributed by atoms with Crippen molar-refractivity contribution < 1.29 is 0 Å². The first-order valence-electron chi connectivity index (χ1n) is 4.73. The summed E-state index contributed by atoms with van der Waals surface area (Å²) in [6, 6.07) is 3.77. The smallest absolute Gasteiger partial charge is 0.171 e. The maximum Gasteiger partial charge on any atom is 0.171 e. The molecular weight excluding hydrogens is 310 g/mol. The Hall–Kier alpha value is -0.650. The highest BCUT2D eigenvalue weighted by molar-refractivity contribution is 9.10. The van der Waals surface area contributed by atoms with Gasteiger partial charge in [0, 0.05) is 17.2 Å². The molecule has 6 heteroatoms. The van der Waals surface area contributed by atoms with Crippen LogP contribution >= 0.6 is 38.9 Å². The molecule has 0 aromatic carbocycles. The molecule has 1 N–H and O–H groups in total. The number of nitrogens with one attached hydrogen (secondary N) is 1. The van der Waals surface area contributed by atoms with Gasteiger partial charge < -0.3 is 5.32 Å². The van der Waals surface area contributed by atoms with Crippen LogP contribution in [0.1, 0.15) is 6.92 Å². The van der Waals surface area contributed by atoms with E-state index in [1.54, 1.807) is 6.20 Å². The maximum atomic E-state index is 5.98. The fourth-order valence-corrected chi connectivity index (χ4v) is 2.86. The third-order valence-corrected chi connectivity index (χ3v) is 4.35. The zero-order valence-corrected chi connectivity index (χ0v) is 11.7. The van der Waals surface area contributed by atoms with E-state index in [2.05, 4.69) is 31.2 Å². The number of aromatic nitrogens is 2. The fourth-order valence-electron chi connectivity index (χ4n) is 1.21. The summed E-state index contributed by atoms with van der Waals surface area (Å²) in [5, 5.41) is 3.15. The first-order valence-corrected chi connectivity index (χ1v) is 6.71. The number of halogens is 2. The van der Waals surface area contributed by atoms with Crippen molar-refractivity contribution in [2.24, 2.45) is 0 Å². The monoisotopic (exact) mass is 317 g/mol. The van der Waals surface area contributed by atoms with Gasteiger partial charge in [-0.25, -0.2) is 9.97 Å². The normalized spacial score (nSPS) is 10.4. The van der Waals surface area contributed by atoms with E-state index in [1.807, 2.05) is 19.1 Å². The molecule has 2 aromatic rings. The predicted molar refractivity (Wildman–Crippen MR) is 72.2 cm³/mol. The van der Waals surface area contributed by atoms with Crippen LogP contribution in [0.15, 0.2) is 22.8 Å². The lowest BCUT2D eigenvalue weighted by Gasteiger charge is -2.02. The van der Waals surface area contributed by atoms with Crippen molar-refractivity contribution in [1.82, 2.24) is 9.97 Å². The van der Waals surface area contributed by atoms with Gasteiger partial charge in [0.1, 0.15) is 10.2 Å². The van der Waals surface area contributed by atoms with Gasteiger partial charge in [-0.2, -0.15) is 0 Å². The summed E-state index contributed by atoms with van der Waals surface area (Å²) >= 11 is 10.8. The van der Waals surface area contributed by atoms with E-state index in [0.29, 0.717) is 10.2 Å². The van der Waals surface area contributed by atoms with Gasteiger partial charge in [0.25, 0.3) is 0 Å². The minimum atomic E-state index is 0.691. The van der Waals surface area contributed by atoms with E-state index in [-0.39, 0.29) is 0 Å². The van der Waals surface area contributed by atoms with E-state index >= 15 is 0 Å². The molecule has 0 saturated carbocycles. The van der Waals surface area contributed by atoms with Crippen LogP contribution in [-0.2, 0) is 0 Å². The molecule has 0 radical (unpaired) electrons. The Labute approximate surface area is 111 Å². The third-order valence-electron chi connectivity index (χ3n) is 1.88. The first-order chi connectivity index (χ1) is 7.70. The number of rotatable bonds is 3. The average molecular weight is 319 g/mol. The Balaban J connectivity index is 2.36. The molecule has 84 valence electrons. The molecule has 0 saturated heterocycles. The predicted octanol–water partition coefficient (Wildman–Crippen LogP) is 4.05. The van der Waals surface area contributed by atoms with Gasteiger partial charge in [0.2, 0.25) is 0 Å². The summed E-state index contributed by atoms with van der Waals surface area (Å²) in [4.78, 5) is 9.58. The van der Waals surface area contributed by atoms with Gasteiger partial charge in [-0.15, -0.1) is 11.3 Å². The highest BCUT2D eigenvalue weighted by atomic mass is 79.9. The topological polar surface area (TPSA) is 37.8 Å². The molecule has 0 aliphatic rings. The number of nitrogens with zero attached hydrogens (tertiary/aromatic N) is 2. The van der Waals surface area contributed by atoms with Crippen molar-refractivity contribution in [1.29, 1.82) is 0 Å². The average Bonchev–Trinajstić information content (AvgIpc) is 2.60. The van der Waals surface area contributed by atoms with Crippen LogP contribution in [-0.4, -0.2) is 16.5 Å². The maximum absolute atomic E-state index is 5.98. The molecule has 0 aliphatic heterocycles. The van der Waals surface area contributed by atoms with Crippen LogP contribution in [0.4, 0.5) is 5.82 Å². The van der Waals surface area contributed by atoms with Crippen LogP contribution in [0.25, 0.3) is 10.7 Å². The molecule has 0 bridgehead atoms. The summed E-state index contributed by atoms with van der Waals surface area (Å²) in [6.07, 6.45) is 1.74. The molecule has 0 amide bonds. The van der Waals surface area contributed by atoms with E-state index in [1.165, 1.54) is 11.3 Å². The zero-order chi connectivity index (χ0) is 11.5. The first kappa shape index (κ1) is 11.8. The van der Waals surface area contributed by atoms with E-state index in [0.717, 1.165) is 21.7 Å². The van der Waals surface area contributed by atoms with Gasteiger partial charge in [0.15, 0.2) is 5.82 Å². The standard InChI is InChI=1S/C10H9BrClN3S/c1-2-13-8-3-4-14-10(15-8)7-5-6(11)9(12)16-7/h3-5H,2H2,1H3,(H,13,14,15). The molecule has 0 spiro atoms. The summed E-state index contributed by atoms with van der Waals surface area (Å²) < 4.78 is 1.60. The zero-order valence-electron chi connectivity index (χ0n) is 8.50. The Kier molecular flexibility index (Phi) is 3.78. The summed E-state index contributed by atoms with van der Waals surface area (Å²) in [5.74, 6) is 1.52. The molecule has 2 heterocycles. The third kappa shape index (κ3) is 2.53. The largest absolute Gasteiger partial charge is 0.370 e. The summed E-state index contributed by atoms with van der Waals surface area (Å²) in [7, 11) is 0. The Morgan fingerprint density at radius 2 is 2.38 bits per heavy atom. The Bertz CT molecular complexity index is 481. The molecule has 3 nitrogen and oxygen atoms in total. The van der Waals surface area contributed by atoms with Crippen molar-refractivity contribution in [2.45, 2.75) is 6.92 Å². The summed E-state index contributed by atoms with van der Waals surface area (Å²) in [5.41, 5.74) is 0. The van der Waals surface area contributed by atoms with Gasteiger partial charge in [-0.3, -0.25) is 0 Å². The van der Waals surface area contributed by atoms with Crippen molar-refractivity contribution >= 4 is 44.7 Å². The highest BCUT2D eigenvalue weighted by Crippen LogP contribution is 2.36. The lowest BCUT2D eigenvalue weighted by Crippen LogP contribution is -2.00. The second-order valence-electron chi connectivity index (χ2n) is 3.03. The molecule has 16 heavy (non-hydrogen) atoms. The van der Waals surface area contributed by atoms with Gasteiger partial charge >= 0.3 is 0 Å². The Morgan fingerprint density at radius 3 is 3.00 bits per heavy atom. The quantitative estimate of drug-likeness (QED) is 0.927. The van der Waals surface area contributed by atoms with Gasteiger partial charge in [-0.05, 0) is 35.0 Å². The molecule has 0 fully saturated rings. The van der Waals surface area contributed by atoms with Crippen molar-refractivity contribution in [2.75, 3.05) is 11.9 Å². The number of thiophene rings is 1. The van der Waals surface area contributed by atoms with E-state index in [9.17, 15) is 0 Å². The molecule has 0 aliphatic carbocycles. The van der Waals surface area contributed by atoms with Gasteiger partial charge in [0.05, 0.1) is 4.88 Å². The molecule has 2 aromatic heterocycles. The summed E-state index contributed by atoms with van der Waals surface area (Å²) in [6.45, 7) is 2.87. The number of hydrogen-bond acceptors (Lipinski definition) is 4. The van der Waals surface area contributed by atoms with Crippen molar-refractivity contribution in [3.05, 3.63) is 27.1 Å². The van der Waals surface area contributed by atoms with Crippen molar-refractivity contribution in [3.8, 4) is 10.7 Å². The number of anilines is 1. The van der Waals surface area contributed by atoms with Crippen LogP contribution in [0, 0.1) is 0 Å². The SMILES string of the molecule is CCNc1ccnc(-c2cc(Br)c(Cl)s2)n1. The molecule has 0 atom stereocenters. The number of hydrogen-bond donors (Lipinski definition) is 1. The molecular formula is C10H9BrClN3S. The van der Waals surface area contributed by atoms with Crippen LogP contribution < -0.4 is 5.32 Å². The molecule has 0 unspecified atom stereocenters. The highest BCUT2D eigenvalue weighted by Gasteiger charge is 2.09. The van der Waals surface area contributed by atoms with Crippen LogP contribution in [0.3, 0.4) is 0 Å². The van der Waals surface area contributed by atoms with E-state index in [4.69, 9.17) is 11.6 Å². The minimum Gasteiger partial charge on any atom is -0.370 e.